The maximum absolute atomic E-state index is 12.7. The molecule has 0 N–H and O–H groups in total. The van der Waals surface area contributed by atoms with E-state index in [9.17, 15) is 18.0 Å². The van der Waals surface area contributed by atoms with Gasteiger partial charge in [0.25, 0.3) is 5.91 Å². The van der Waals surface area contributed by atoms with E-state index in [-0.39, 0.29) is 35.2 Å². The maximum atomic E-state index is 12.7. The van der Waals surface area contributed by atoms with Crippen molar-refractivity contribution in [2.45, 2.75) is 45.7 Å². The number of imidazole rings is 1. The second-order valence-electron chi connectivity index (χ2n) is 7.21. The van der Waals surface area contributed by atoms with Crippen LogP contribution in [0.5, 0.6) is 0 Å². The third kappa shape index (κ3) is 4.19. The molecule has 1 aliphatic heterocycles. The Bertz CT molecular complexity index is 998. The minimum Gasteiger partial charge on any atom is -0.451 e. The van der Waals surface area contributed by atoms with E-state index in [0.29, 0.717) is 18.5 Å². The zero-order valence-electron chi connectivity index (χ0n) is 16.3. The van der Waals surface area contributed by atoms with Crippen molar-refractivity contribution in [2.75, 3.05) is 18.1 Å². The van der Waals surface area contributed by atoms with Crippen LogP contribution in [0.15, 0.2) is 24.4 Å². The smallest absolute Gasteiger partial charge is 0.359 e. The van der Waals surface area contributed by atoms with Crippen LogP contribution in [0.1, 0.15) is 42.9 Å². The van der Waals surface area contributed by atoms with E-state index in [4.69, 9.17) is 4.74 Å². The van der Waals surface area contributed by atoms with E-state index in [1.165, 1.54) is 0 Å². The number of carbonyl (C=O) groups excluding carboxylic acids is 2. The van der Waals surface area contributed by atoms with E-state index in [1.807, 2.05) is 32.9 Å². The molecule has 28 heavy (non-hydrogen) atoms. The zero-order valence-corrected chi connectivity index (χ0v) is 17.1. The van der Waals surface area contributed by atoms with Gasteiger partial charge in [-0.1, -0.05) is 13.0 Å². The highest BCUT2D eigenvalue weighted by Gasteiger charge is 2.36. The van der Waals surface area contributed by atoms with E-state index >= 15 is 0 Å². The minimum absolute atomic E-state index is 0.0389. The Balaban J connectivity index is 1.69. The molecule has 0 aromatic carbocycles. The minimum atomic E-state index is -3.12. The van der Waals surface area contributed by atoms with Gasteiger partial charge in [-0.3, -0.25) is 4.79 Å². The molecule has 0 saturated carbocycles. The molecule has 1 amide bonds. The molecule has 1 saturated heterocycles. The Morgan fingerprint density at radius 3 is 2.75 bits per heavy atom. The van der Waals surface area contributed by atoms with E-state index < -0.39 is 22.4 Å². The van der Waals surface area contributed by atoms with Gasteiger partial charge in [-0.25, -0.2) is 18.2 Å². The molecule has 2 aromatic rings. The molecule has 2 atom stereocenters. The summed E-state index contributed by atoms with van der Waals surface area (Å²) in [6.45, 7) is 5.26. The fraction of sp³-hybridized carbons (Fsp3) is 0.526. The average molecular weight is 407 g/mol. The number of aryl methyl sites for hydroxylation is 1. The summed E-state index contributed by atoms with van der Waals surface area (Å²) in [5.74, 6) is -1.02. The summed E-state index contributed by atoms with van der Waals surface area (Å²) in [6, 6.07) is 5.01. The average Bonchev–Trinajstić information content (AvgIpc) is 3.24. The number of hydrogen-bond donors (Lipinski definition) is 0. The number of nitrogens with zero attached hydrogens (tertiary/aromatic N) is 3. The number of ether oxygens (including phenoxy) is 1. The van der Waals surface area contributed by atoms with Gasteiger partial charge in [0.15, 0.2) is 22.1 Å². The highest BCUT2D eigenvalue weighted by atomic mass is 32.2. The Kier molecular flexibility index (Phi) is 5.74. The van der Waals surface area contributed by atoms with Gasteiger partial charge in [-0.15, -0.1) is 0 Å². The molecule has 8 nitrogen and oxygen atoms in total. The number of hydrogen-bond acceptors (Lipinski definition) is 6. The largest absolute Gasteiger partial charge is 0.451 e. The first-order valence-corrected chi connectivity index (χ1v) is 11.2. The van der Waals surface area contributed by atoms with Gasteiger partial charge < -0.3 is 14.0 Å². The summed E-state index contributed by atoms with van der Waals surface area (Å²) >= 11 is 0. The van der Waals surface area contributed by atoms with Crippen LogP contribution in [0.25, 0.3) is 5.65 Å². The molecule has 9 heteroatoms. The second kappa shape index (κ2) is 7.90. The number of carbonyl (C=O) groups is 2. The van der Waals surface area contributed by atoms with Gasteiger partial charge in [-0.05, 0) is 38.8 Å². The summed E-state index contributed by atoms with van der Waals surface area (Å²) in [5.41, 5.74) is 1.67. The Morgan fingerprint density at radius 2 is 2.14 bits per heavy atom. The maximum Gasteiger partial charge on any atom is 0.359 e. The van der Waals surface area contributed by atoms with Crippen LogP contribution in [-0.2, 0) is 19.4 Å². The lowest BCUT2D eigenvalue weighted by Gasteiger charge is -2.33. The van der Waals surface area contributed by atoms with Crippen LogP contribution in [0.4, 0.5) is 0 Å². The summed E-state index contributed by atoms with van der Waals surface area (Å²) in [7, 11) is -3.12. The lowest BCUT2D eigenvalue weighted by atomic mass is 10.1. The molecule has 3 heterocycles. The first kappa shape index (κ1) is 20.3. The number of rotatable bonds is 6. The Morgan fingerprint density at radius 1 is 1.39 bits per heavy atom. The van der Waals surface area contributed by atoms with Crippen molar-refractivity contribution in [1.29, 1.82) is 0 Å². The van der Waals surface area contributed by atoms with Crippen molar-refractivity contribution in [3.63, 3.8) is 0 Å². The summed E-state index contributed by atoms with van der Waals surface area (Å²) in [6.07, 6.45) is 2.67. The van der Waals surface area contributed by atoms with Crippen molar-refractivity contribution >= 4 is 27.4 Å². The zero-order chi connectivity index (χ0) is 20.5. The molecular formula is C19H25N3O5S. The number of fused-ring (bicyclic) bond motifs is 1. The second-order valence-corrected chi connectivity index (χ2v) is 9.44. The Hall–Kier alpha value is -2.42. The standard InChI is InChI=1S/C19H25N3O5S/c1-4-13(2)22(15-8-9-28(25,26)12-15)18(23)11-27-19(24)16-10-21-14(3)6-5-7-17(21)20-16/h5-7,10,13,15H,4,8-9,11-12H2,1-3H3/t13-,15-/m1/s1. The molecular weight excluding hydrogens is 382 g/mol. The van der Waals surface area contributed by atoms with Gasteiger partial charge in [-0.2, -0.15) is 0 Å². The van der Waals surface area contributed by atoms with Crippen LogP contribution >= 0.6 is 0 Å². The highest BCUT2D eigenvalue weighted by molar-refractivity contribution is 7.91. The molecule has 2 aromatic heterocycles. The molecule has 0 radical (unpaired) electrons. The van der Waals surface area contributed by atoms with Crippen LogP contribution in [-0.4, -0.2) is 64.8 Å². The van der Waals surface area contributed by atoms with Gasteiger partial charge in [0.05, 0.1) is 11.5 Å². The topological polar surface area (TPSA) is 98.0 Å². The molecule has 1 aliphatic rings. The number of aromatic nitrogens is 2. The van der Waals surface area contributed by atoms with E-state index in [2.05, 4.69) is 4.98 Å². The monoisotopic (exact) mass is 407 g/mol. The predicted molar refractivity (Wildman–Crippen MR) is 104 cm³/mol. The van der Waals surface area contributed by atoms with Crippen LogP contribution < -0.4 is 0 Å². The molecule has 1 fully saturated rings. The van der Waals surface area contributed by atoms with Crippen molar-refractivity contribution in [1.82, 2.24) is 14.3 Å². The number of esters is 1. The SMILES string of the molecule is CC[C@@H](C)N(C(=O)COC(=O)c1cn2c(C)cccc2n1)[C@@H]1CCS(=O)(=O)C1. The number of sulfone groups is 1. The van der Waals surface area contributed by atoms with Crippen molar-refractivity contribution in [3.05, 3.63) is 35.8 Å². The summed E-state index contributed by atoms with van der Waals surface area (Å²) in [5, 5.41) is 0. The van der Waals surface area contributed by atoms with Crippen molar-refractivity contribution in [3.8, 4) is 0 Å². The lowest BCUT2D eigenvalue weighted by molar-refractivity contribution is -0.138. The highest BCUT2D eigenvalue weighted by Crippen LogP contribution is 2.21. The summed E-state index contributed by atoms with van der Waals surface area (Å²) < 4.78 is 30.6. The summed E-state index contributed by atoms with van der Waals surface area (Å²) in [4.78, 5) is 30.9. The number of amides is 1. The quantitative estimate of drug-likeness (QED) is 0.675. The molecule has 0 unspecified atom stereocenters. The molecule has 152 valence electrons. The van der Waals surface area contributed by atoms with Crippen LogP contribution in [0.2, 0.25) is 0 Å². The predicted octanol–water partition coefficient (Wildman–Crippen LogP) is 1.61. The van der Waals surface area contributed by atoms with Crippen molar-refractivity contribution < 1.29 is 22.7 Å². The normalized spacial score (nSPS) is 19.5. The van der Waals surface area contributed by atoms with E-state index in [1.54, 1.807) is 21.6 Å². The first-order chi connectivity index (χ1) is 13.2. The van der Waals surface area contributed by atoms with Gasteiger partial charge in [0.2, 0.25) is 0 Å². The molecule has 3 rings (SSSR count). The molecule has 0 spiro atoms. The third-order valence-corrected chi connectivity index (χ3v) is 6.94. The van der Waals surface area contributed by atoms with E-state index in [0.717, 1.165) is 5.69 Å². The van der Waals surface area contributed by atoms with Gasteiger partial charge >= 0.3 is 5.97 Å². The molecule has 0 aliphatic carbocycles. The first-order valence-electron chi connectivity index (χ1n) is 9.35. The third-order valence-electron chi connectivity index (χ3n) is 5.19. The fourth-order valence-electron chi connectivity index (χ4n) is 3.52. The van der Waals surface area contributed by atoms with Crippen LogP contribution in [0.3, 0.4) is 0 Å². The van der Waals surface area contributed by atoms with Crippen molar-refractivity contribution in [2.24, 2.45) is 0 Å². The van der Waals surface area contributed by atoms with Gasteiger partial charge in [0.1, 0.15) is 5.65 Å². The molecule has 0 bridgehead atoms. The fourth-order valence-corrected chi connectivity index (χ4v) is 5.23. The lowest BCUT2D eigenvalue weighted by Crippen LogP contribution is -2.48. The van der Waals surface area contributed by atoms with Crippen LogP contribution in [0, 0.1) is 6.92 Å². The van der Waals surface area contributed by atoms with Gasteiger partial charge in [0, 0.05) is 24.0 Å². The number of pyridine rings is 1. The Labute approximate surface area is 164 Å².